The molecule has 1 unspecified atom stereocenters. The largest absolute Gasteiger partial charge is 0.491 e. The SMILES string of the molecule is CCOC(=O)C(Nc1ccc(C(=N)N)cc1)c1cc(CCO)ccc1OCCO. The summed E-state index contributed by atoms with van der Waals surface area (Å²) in [4.78, 5) is 12.7. The minimum atomic E-state index is -0.870. The van der Waals surface area contributed by atoms with Crippen molar-refractivity contribution in [2.75, 3.05) is 31.7 Å². The molecule has 0 aromatic heterocycles. The molecule has 156 valence electrons. The summed E-state index contributed by atoms with van der Waals surface area (Å²) in [5.41, 5.74) is 8.06. The van der Waals surface area contributed by atoms with E-state index in [9.17, 15) is 9.90 Å². The molecule has 0 heterocycles. The Morgan fingerprint density at radius 1 is 1.17 bits per heavy atom. The van der Waals surface area contributed by atoms with Gasteiger partial charge in [0.2, 0.25) is 0 Å². The van der Waals surface area contributed by atoms with Crippen LogP contribution in [0.25, 0.3) is 0 Å². The van der Waals surface area contributed by atoms with Gasteiger partial charge < -0.3 is 30.7 Å². The Balaban J connectivity index is 2.42. The molecule has 2 aromatic carbocycles. The van der Waals surface area contributed by atoms with Crippen LogP contribution >= 0.6 is 0 Å². The summed E-state index contributed by atoms with van der Waals surface area (Å²) in [6, 6.07) is 11.2. The summed E-state index contributed by atoms with van der Waals surface area (Å²) in [5, 5.41) is 29.0. The highest BCUT2D eigenvalue weighted by Gasteiger charge is 2.26. The van der Waals surface area contributed by atoms with Crippen molar-refractivity contribution in [1.82, 2.24) is 0 Å². The number of benzene rings is 2. The molecule has 0 aliphatic carbocycles. The van der Waals surface area contributed by atoms with E-state index in [0.29, 0.717) is 29.0 Å². The molecule has 8 nitrogen and oxygen atoms in total. The Hall–Kier alpha value is -3.10. The van der Waals surface area contributed by atoms with Gasteiger partial charge in [0, 0.05) is 23.4 Å². The zero-order chi connectivity index (χ0) is 21.2. The zero-order valence-corrected chi connectivity index (χ0v) is 16.4. The first-order valence-electron chi connectivity index (χ1n) is 9.35. The van der Waals surface area contributed by atoms with Crippen LogP contribution in [-0.4, -0.2) is 48.4 Å². The van der Waals surface area contributed by atoms with E-state index in [-0.39, 0.29) is 32.3 Å². The normalized spacial score (nSPS) is 11.6. The number of anilines is 1. The van der Waals surface area contributed by atoms with Gasteiger partial charge in [-0.15, -0.1) is 0 Å². The fourth-order valence-corrected chi connectivity index (χ4v) is 2.80. The van der Waals surface area contributed by atoms with Crippen LogP contribution in [0.4, 0.5) is 5.69 Å². The number of rotatable bonds is 11. The number of hydrogen-bond donors (Lipinski definition) is 5. The highest BCUT2D eigenvalue weighted by Crippen LogP contribution is 2.31. The third kappa shape index (κ3) is 6.20. The van der Waals surface area contributed by atoms with E-state index in [1.807, 2.05) is 0 Å². The third-order valence-corrected chi connectivity index (χ3v) is 4.16. The highest BCUT2D eigenvalue weighted by molar-refractivity contribution is 5.95. The number of carbonyl (C=O) groups excluding carboxylic acids is 1. The van der Waals surface area contributed by atoms with E-state index < -0.39 is 12.0 Å². The van der Waals surface area contributed by atoms with Crippen molar-refractivity contribution in [2.45, 2.75) is 19.4 Å². The number of amidine groups is 1. The van der Waals surface area contributed by atoms with E-state index in [2.05, 4.69) is 5.32 Å². The number of esters is 1. The zero-order valence-electron chi connectivity index (χ0n) is 16.4. The molecule has 0 saturated carbocycles. The lowest BCUT2D eigenvalue weighted by molar-refractivity contribution is -0.144. The molecule has 8 heteroatoms. The van der Waals surface area contributed by atoms with Crippen molar-refractivity contribution in [3.05, 3.63) is 59.2 Å². The van der Waals surface area contributed by atoms with Crippen LogP contribution in [0.15, 0.2) is 42.5 Å². The van der Waals surface area contributed by atoms with Crippen molar-refractivity contribution >= 4 is 17.5 Å². The van der Waals surface area contributed by atoms with Crippen LogP contribution in [0.3, 0.4) is 0 Å². The summed E-state index contributed by atoms with van der Waals surface area (Å²) in [7, 11) is 0. The van der Waals surface area contributed by atoms with Gasteiger partial charge in [0.1, 0.15) is 18.2 Å². The Bertz CT molecular complexity index is 824. The first kappa shape index (κ1) is 22.2. The second kappa shape index (κ2) is 11.0. The lowest BCUT2D eigenvalue weighted by Gasteiger charge is -2.22. The molecule has 29 heavy (non-hydrogen) atoms. The number of aliphatic hydroxyl groups is 2. The van der Waals surface area contributed by atoms with Crippen LogP contribution in [0.5, 0.6) is 5.75 Å². The number of nitrogen functional groups attached to an aromatic ring is 1. The van der Waals surface area contributed by atoms with E-state index in [1.165, 1.54) is 0 Å². The summed E-state index contributed by atoms with van der Waals surface area (Å²) in [5.74, 6) is -0.0975. The van der Waals surface area contributed by atoms with Gasteiger partial charge in [0.15, 0.2) is 6.04 Å². The molecule has 0 radical (unpaired) electrons. The predicted octanol–water partition coefficient (Wildman–Crippen LogP) is 1.59. The van der Waals surface area contributed by atoms with E-state index in [0.717, 1.165) is 5.56 Å². The molecule has 6 N–H and O–H groups in total. The summed E-state index contributed by atoms with van der Waals surface area (Å²) in [6.45, 7) is 1.82. The standard InChI is InChI=1S/C21H27N3O5/c1-2-28-21(27)19(24-16-6-4-15(5-7-16)20(22)23)17-13-14(9-10-25)3-8-18(17)29-12-11-26/h3-8,13,19,24-26H,2,9-12H2,1H3,(H3,22,23). The van der Waals surface area contributed by atoms with Gasteiger partial charge in [-0.05, 0) is 55.3 Å². The lowest BCUT2D eigenvalue weighted by Crippen LogP contribution is -2.24. The van der Waals surface area contributed by atoms with Crippen molar-refractivity contribution in [1.29, 1.82) is 5.41 Å². The number of carbonyl (C=O) groups is 1. The van der Waals surface area contributed by atoms with Gasteiger partial charge in [-0.1, -0.05) is 6.07 Å². The summed E-state index contributed by atoms with van der Waals surface area (Å²) < 4.78 is 10.9. The molecule has 0 aliphatic rings. The summed E-state index contributed by atoms with van der Waals surface area (Å²) in [6.07, 6.45) is 0.427. The van der Waals surface area contributed by atoms with Crippen molar-refractivity contribution in [3.63, 3.8) is 0 Å². The highest BCUT2D eigenvalue weighted by atomic mass is 16.5. The molecule has 0 bridgehead atoms. The molecule has 0 saturated heterocycles. The number of aliphatic hydroxyl groups excluding tert-OH is 2. The predicted molar refractivity (Wildman–Crippen MR) is 110 cm³/mol. The fraction of sp³-hybridized carbons (Fsp3) is 0.333. The Morgan fingerprint density at radius 2 is 1.90 bits per heavy atom. The van der Waals surface area contributed by atoms with Crippen molar-refractivity contribution in [2.24, 2.45) is 5.73 Å². The van der Waals surface area contributed by atoms with Gasteiger partial charge in [-0.3, -0.25) is 5.41 Å². The molecule has 1 atom stereocenters. The van der Waals surface area contributed by atoms with E-state index in [4.69, 9.17) is 25.7 Å². The molecule has 0 fully saturated rings. The fourth-order valence-electron chi connectivity index (χ4n) is 2.80. The molecule has 2 rings (SSSR count). The van der Waals surface area contributed by atoms with Crippen LogP contribution in [0.1, 0.15) is 29.7 Å². The van der Waals surface area contributed by atoms with Gasteiger partial charge in [0.05, 0.1) is 13.2 Å². The molecular weight excluding hydrogens is 374 g/mol. The minimum absolute atomic E-state index is 0.0275. The second-order valence-electron chi connectivity index (χ2n) is 6.24. The Morgan fingerprint density at radius 3 is 2.48 bits per heavy atom. The van der Waals surface area contributed by atoms with Crippen LogP contribution in [-0.2, 0) is 16.0 Å². The first-order valence-corrected chi connectivity index (χ1v) is 9.35. The second-order valence-corrected chi connectivity index (χ2v) is 6.24. The number of hydrogen-bond acceptors (Lipinski definition) is 7. The Kier molecular flexibility index (Phi) is 8.45. The third-order valence-electron chi connectivity index (χ3n) is 4.16. The monoisotopic (exact) mass is 401 g/mol. The number of nitrogens with one attached hydrogen (secondary N) is 2. The van der Waals surface area contributed by atoms with Crippen molar-refractivity contribution < 1.29 is 24.5 Å². The first-order chi connectivity index (χ1) is 14.0. The maximum atomic E-state index is 12.7. The van der Waals surface area contributed by atoms with Crippen LogP contribution in [0.2, 0.25) is 0 Å². The smallest absolute Gasteiger partial charge is 0.333 e. The number of nitrogens with two attached hydrogens (primary N) is 1. The maximum absolute atomic E-state index is 12.7. The van der Waals surface area contributed by atoms with Crippen molar-refractivity contribution in [3.8, 4) is 5.75 Å². The van der Waals surface area contributed by atoms with E-state index in [1.54, 1.807) is 49.4 Å². The van der Waals surface area contributed by atoms with Gasteiger partial charge in [-0.2, -0.15) is 0 Å². The molecular formula is C21H27N3O5. The average molecular weight is 401 g/mol. The summed E-state index contributed by atoms with van der Waals surface area (Å²) >= 11 is 0. The quantitative estimate of drug-likeness (QED) is 0.219. The molecule has 0 spiro atoms. The average Bonchev–Trinajstić information content (AvgIpc) is 2.71. The van der Waals surface area contributed by atoms with Gasteiger partial charge >= 0.3 is 5.97 Å². The minimum Gasteiger partial charge on any atom is -0.491 e. The van der Waals surface area contributed by atoms with Crippen LogP contribution < -0.4 is 15.8 Å². The van der Waals surface area contributed by atoms with Crippen LogP contribution in [0, 0.1) is 5.41 Å². The maximum Gasteiger partial charge on any atom is 0.333 e. The lowest BCUT2D eigenvalue weighted by atomic mass is 10.0. The van der Waals surface area contributed by atoms with Gasteiger partial charge in [0.25, 0.3) is 0 Å². The Labute approximate surface area is 169 Å². The molecule has 0 amide bonds. The van der Waals surface area contributed by atoms with E-state index >= 15 is 0 Å². The van der Waals surface area contributed by atoms with Gasteiger partial charge in [-0.25, -0.2) is 4.79 Å². The number of ether oxygens (including phenoxy) is 2. The molecule has 2 aromatic rings. The topological polar surface area (TPSA) is 138 Å². The molecule has 0 aliphatic heterocycles.